The van der Waals surface area contributed by atoms with Crippen molar-refractivity contribution < 1.29 is 19.0 Å². The van der Waals surface area contributed by atoms with E-state index in [2.05, 4.69) is 0 Å². The minimum absolute atomic E-state index is 0.253. The van der Waals surface area contributed by atoms with Gasteiger partial charge in [-0.1, -0.05) is 12.1 Å². The highest BCUT2D eigenvalue weighted by Gasteiger charge is 2.38. The second-order valence-electron chi connectivity index (χ2n) is 4.90. The van der Waals surface area contributed by atoms with Gasteiger partial charge in [-0.3, -0.25) is 0 Å². The number of rotatable bonds is 3. The Morgan fingerprint density at radius 3 is 2.79 bits per heavy atom. The van der Waals surface area contributed by atoms with Crippen molar-refractivity contribution in [1.29, 1.82) is 0 Å². The smallest absolute Gasteiger partial charge is 0.409 e. The third-order valence-electron chi connectivity index (χ3n) is 3.30. The fraction of sp³-hybridized carbons (Fsp3) is 0.500. The molecule has 19 heavy (non-hydrogen) atoms. The molecule has 1 saturated heterocycles. The number of amides is 1. The number of carbonyl (C=O) groups is 1. The molecule has 0 aromatic heterocycles. The molecular weight excluding hydrogens is 249 g/mol. The summed E-state index contributed by atoms with van der Waals surface area (Å²) in [5.74, 6) is -0.296. The molecule has 1 aliphatic rings. The lowest BCUT2D eigenvalue weighted by atomic mass is 9.94. The highest BCUT2D eigenvalue weighted by atomic mass is 19.1. The number of nitrogens with zero attached hydrogens (tertiary/aromatic N) is 1. The van der Waals surface area contributed by atoms with Gasteiger partial charge >= 0.3 is 6.09 Å². The largest absolute Gasteiger partial charge is 0.450 e. The summed E-state index contributed by atoms with van der Waals surface area (Å²) in [5, 5.41) is 10.5. The third kappa shape index (κ3) is 3.44. The maximum Gasteiger partial charge on any atom is 0.409 e. The summed E-state index contributed by atoms with van der Waals surface area (Å²) in [4.78, 5) is 13.1. The van der Waals surface area contributed by atoms with Gasteiger partial charge in [0.05, 0.1) is 18.8 Å². The zero-order valence-electron chi connectivity index (χ0n) is 10.9. The second kappa shape index (κ2) is 5.57. The highest BCUT2D eigenvalue weighted by molar-refractivity contribution is 5.68. The van der Waals surface area contributed by atoms with Crippen LogP contribution in [0.2, 0.25) is 0 Å². The summed E-state index contributed by atoms with van der Waals surface area (Å²) >= 11 is 0. The van der Waals surface area contributed by atoms with Crippen LogP contribution in [0, 0.1) is 5.82 Å². The van der Waals surface area contributed by atoms with Gasteiger partial charge in [-0.25, -0.2) is 9.18 Å². The van der Waals surface area contributed by atoms with Crippen molar-refractivity contribution in [3.8, 4) is 0 Å². The Labute approximate surface area is 111 Å². The first-order valence-corrected chi connectivity index (χ1v) is 6.41. The SMILES string of the molecule is CCOC(=O)N1CCC(O)(Cc2ccc(F)cc2)C1. The van der Waals surface area contributed by atoms with Gasteiger partial charge in [-0.15, -0.1) is 0 Å². The van der Waals surface area contributed by atoms with Gasteiger partial charge in [0.25, 0.3) is 0 Å². The first-order valence-electron chi connectivity index (χ1n) is 6.41. The summed E-state index contributed by atoms with van der Waals surface area (Å²) < 4.78 is 17.7. The van der Waals surface area contributed by atoms with Crippen LogP contribution in [-0.2, 0) is 11.2 Å². The van der Waals surface area contributed by atoms with Crippen molar-refractivity contribution in [1.82, 2.24) is 4.90 Å². The molecular formula is C14H18FNO3. The fourth-order valence-corrected chi connectivity index (χ4v) is 2.35. The number of halogens is 1. The zero-order chi connectivity index (χ0) is 13.9. The number of hydrogen-bond acceptors (Lipinski definition) is 3. The van der Waals surface area contributed by atoms with E-state index in [0.717, 1.165) is 5.56 Å². The van der Waals surface area contributed by atoms with E-state index >= 15 is 0 Å². The number of carbonyl (C=O) groups excluding carboxylic acids is 1. The fourth-order valence-electron chi connectivity index (χ4n) is 2.35. The number of hydrogen-bond donors (Lipinski definition) is 1. The van der Waals surface area contributed by atoms with Gasteiger partial charge < -0.3 is 14.7 Å². The Morgan fingerprint density at radius 1 is 1.47 bits per heavy atom. The molecule has 1 atom stereocenters. The van der Waals surface area contributed by atoms with Crippen LogP contribution in [0.1, 0.15) is 18.9 Å². The van der Waals surface area contributed by atoms with E-state index in [9.17, 15) is 14.3 Å². The molecule has 5 heteroatoms. The van der Waals surface area contributed by atoms with Gasteiger partial charge in [0.2, 0.25) is 0 Å². The van der Waals surface area contributed by atoms with Crippen LogP contribution >= 0.6 is 0 Å². The molecule has 1 aromatic rings. The Balaban J connectivity index is 1.97. The molecule has 1 unspecified atom stereocenters. The maximum atomic E-state index is 12.8. The van der Waals surface area contributed by atoms with E-state index in [-0.39, 0.29) is 12.4 Å². The van der Waals surface area contributed by atoms with E-state index in [1.165, 1.54) is 17.0 Å². The average Bonchev–Trinajstić information content (AvgIpc) is 2.75. The lowest BCUT2D eigenvalue weighted by Gasteiger charge is -2.23. The summed E-state index contributed by atoms with van der Waals surface area (Å²) in [6.07, 6.45) is 0.518. The summed E-state index contributed by atoms with van der Waals surface area (Å²) in [5.41, 5.74) is -0.0977. The van der Waals surface area contributed by atoms with Crippen LogP contribution in [0.3, 0.4) is 0 Å². The van der Waals surface area contributed by atoms with Crippen molar-refractivity contribution in [3.05, 3.63) is 35.6 Å². The Kier molecular flexibility index (Phi) is 4.04. The van der Waals surface area contributed by atoms with E-state index in [4.69, 9.17) is 4.74 Å². The van der Waals surface area contributed by atoms with Crippen LogP contribution in [0.15, 0.2) is 24.3 Å². The molecule has 104 valence electrons. The standard InChI is InChI=1S/C14H18FNO3/c1-2-19-13(17)16-8-7-14(18,10-16)9-11-3-5-12(15)6-4-11/h3-6,18H,2,7-10H2,1H3. The molecule has 1 aliphatic heterocycles. The van der Waals surface area contributed by atoms with Crippen LogP contribution in [0.4, 0.5) is 9.18 Å². The molecule has 1 aromatic carbocycles. The molecule has 0 radical (unpaired) electrons. The van der Waals surface area contributed by atoms with Crippen molar-refractivity contribution >= 4 is 6.09 Å². The summed E-state index contributed by atoms with van der Waals surface area (Å²) in [7, 11) is 0. The molecule has 0 bridgehead atoms. The monoisotopic (exact) mass is 267 g/mol. The van der Waals surface area contributed by atoms with Gasteiger partial charge in [-0.05, 0) is 31.0 Å². The lowest BCUT2D eigenvalue weighted by molar-refractivity contribution is 0.0454. The molecule has 1 N–H and O–H groups in total. The number of benzene rings is 1. The highest BCUT2D eigenvalue weighted by Crippen LogP contribution is 2.26. The van der Waals surface area contributed by atoms with Gasteiger partial charge in [0.1, 0.15) is 5.82 Å². The predicted molar refractivity (Wildman–Crippen MR) is 68.3 cm³/mol. The van der Waals surface area contributed by atoms with Crippen LogP contribution in [0.5, 0.6) is 0 Å². The summed E-state index contributed by atoms with van der Waals surface area (Å²) in [6, 6.07) is 6.05. The first-order chi connectivity index (χ1) is 9.02. The normalized spacial score (nSPS) is 22.6. The summed E-state index contributed by atoms with van der Waals surface area (Å²) in [6.45, 7) is 2.81. The molecule has 2 rings (SSSR count). The van der Waals surface area contributed by atoms with Gasteiger partial charge in [-0.2, -0.15) is 0 Å². The van der Waals surface area contributed by atoms with E-state index in [0.29, 0.717) is 26.0 Å². The van der Waals surface area contributed by atoms with E-state index in [1.807, 2.05) is 0 Å². The quantitative estimate of drug-likeness (QED) is 0.910. The second-order valence-corrected chi connectivity index (χ2v) is 4.90. The first kappa shape index (κ1) is 13.8. The molecule has 0 saturated carbocycles. The van der Waals surface area contributed by atoms with Crippen molar-refractivity contribution in [2.75, 3.05) is 19.7 Å². The van der Waals surface area contributed by atoms with Gasteiger partial charge in [0.15, 0.2) is 0 Å². The number of aliphatic hydroxyl groups is 1. The lowest BCUT2D eigenvalue weighted by Crippen LogP contribution is -2.38. The molecule has 4 nitrogen and oxygen atoms in total. The van der Waals surface area contributed by atoms with Crippen molar-refractivity contribution in [2.45, 2.75) is 25.4 Å². The average molecular weight is 267 g/mol. The molecule has 1 amide bonds. The number of likely N-dealkylation sites (tertiary alicyclic amines) is 1. The van der Waals surface area contributed by atoms with Crippen molar-refractivity contribution in [2.24, 2.45) is 0 Å². The van der Waals surface area contributed by atoms with Crippen LogP contribution < -0.4 is 0 Å². The Morgan fingerprint density at radius 2 is 2.16 bits per heavy atom. The zero-order valence-corrected chi connectivity index (χ0v) is 10.9. The van der Waals surface area contributed by atoms with Crippen LogP contribution in [-0.4, -0.2) is 41.4 Å². The minimum atomic E-state index is -0.954. The minimum Gasteiger partial charge on any atom is -0.450 e. The Hall–Kier alpha value is -1.62. The maximum absolute atomic E-state index is 12.8. The Bertz CT molecular complexity index is 449. The predicted octanol–water partition coefficient (Wildman–Crippen LogP) is 1.96. The van der Waals surface area contributed by atoms with Gasteiger partial charge in [0, 0.05) is 13.0 Å². The molecule has 1 heterocycles. The number of β-amino-alcohol motifs (C(OH)–C–C–N with tert-alkyl or cyclic N) is 1. The van der Waals surface area contributed by atoms with E-state index < -0.39 is 11.7 Å². The molecule has 0 spiro atoms. The number of ether oxygens (including phenoxy) is 1. The van der Waals surface area contributed by atoms with E-state index in [1.54, 1.807) is 19.1 Å². The third-order valence-corrected chi connectivity index (χ3v) is 3.30. The van der Waals surface area contributed by atoms with Crippen molar-refractivity contribution in [3.63, 3.8) is 0 Å². The topological polar surface area (TPSA) is 49.8 Å². The molecule has 1 fully saturated rings. The van der Waals surface area contributed by atoms with Crippen LogP contribution in [0.25, 0.3) is 0 Å². The molecule has 0 aliphatic carbocycles.